The minimum Gasteiger partial charge on any atom is -0.480 e. The van der Waals surface area contributed by atoms with E-state index in [4.69, 9.17) is 11.6 Å². The molecule has 3 N–H and O–H groups in total. The number of pyridine rings is 2. The Kier molecular flexibility index (Phi) is 4.43. The number of carboxylic acids is 1. The van der Waals surface area contributed by atoms with Gasteiger partial charge in [0.05, 0.1) is 11.7 Å². The van der Waals surface area contributed by atoms with Crippen molar-refractivity contribution < 1.29 is 14.7 Å². The molecule has 3 heterocycles. The topological polar surface area (TPSA) is 108 Å². The molecule has 0 spiro atoms. The van der Waals surface area contributed by atoms with E-state index in [0.29, 0.717) is 10.7 Å². The number of nitrogens with one attached hydrogen (secondary N) is 2. The molecule has 24 heavy (non-hydrogen) atoms. The molecule has 0 bridgehead atoms. The molecule has 3 aromatic heterocycles. The summed E-state index contributed by atoms with van der Waals surface area (Å²) in [5, 5.41) is 12.9. The van der Waals surface area contributed by atoms with Crippen LogP contribution in [-0.2, 0) is 11.2 Å². The molecule has 1 atom stereocenters. The van der Waals surface area contributed by atoms with Crippen LogP contribution in [0.2, 0.25) is 5.15 Å². The normalized spacial score (nSPS) is 12.0. The maximum atomic E-state index is 12.3. The maximum Gasteiger partial charge on any atom is 0.326 e. The fraction of sp³-hybridized carbons (Fsp3) is 0.125. The fourth-order valence-electron chi connectivity index (χ4n) is 2.32. The Morgan fingerprint density at radius 1 is 1.29 bits per heavy atom. The zero-order chi connectivity index (χ0) is 17.1. The van der Waals surface area contributed by atoms with Crippen LogP contribution in [0.1, 0.15) is 16.1 Å². The lowest BCUT2D eigenvalue weighted by atomic mass is 10.1. The lowest BCUT2D eigenvalue weighted by molar-refractivity contribution is -0.139. The van der Waals surface area contributed by atoms with E-state index in [2.05, 4.69) is 20.3 Å². The van der Waals surface area contributed by atoms with Crippen LogP contribution < -0.4 is 5.32 Å². The van der Waals surface area contributed by atoms with E-state index in [1.54, 1.807) is 36.7 Å². The molecule has 3 aromatic rings. The van der Waals surface area contributed by atoms with Crippen LogP contribution in [0.15, 0.2) is 42.9 Å². The Balaban J connectivity index is 1.78. The van der Waals surface area contributed by atoms with Crippen molar-refractivity contribution in [2.24, 2.45) is 0 Å². The highest BCUT2D eigenvalue weighted by Crippen LogP contribution is 2.18. The monoisotopic (exact) mass is 344 g/mol. The van der Waals surface area contributed by atoms with E-state index in [1.807, 2.05) is 0 Å². The van der Waals surface area contributed by atoms with Gasteiger partial charge in [-0.25, -0.2) is 9.78 Å². The molecule has 122 valence electrons. The number of nitrogens with zero attached hydrogens (tertiary/aromatic N) is 2. The summed E-state index contributed by atoms with van der Waals surface area (Å²) in [7, 11) is 0. The van der Waals surface area contributed by atoms with Crippen molar-refractivity contribution in [3.05, 3.63) is 59.3 Å². The predicted octanol–water partition coefficient (Wildman–Crippen LogP) is 2.04. The number of fused-ring (bicyclic) bond motifs is 1. The molecule has 0 aliphatic carbocycles. The zero-order valence-electron chi connectivity index (χ0n) is 12.4. The van der Waals surface area contributed by atoms with Crippen molar-refractivity contribution in [1.29, 1.82) is 0 Å². The third kappa shape index (κ3) is 3.52. The molecule has 7 nitrogen and oxygen atoms in total. The third-order valence-electron chi connectivity index (χ3n) is 3.51. The van der Waals surface area contributed by atoms with Crippen molar-refractivity contribution in [1.82, 2.24) is 20.3 Å². The SMILES string of the molecule is O=C(N[C@@H](Cc1ccncc1)C(=O)O)c1cc2cc(Cl)ncc2[nH]1. The largest absolute Gasteiger partial charge is 0.480 e. The average molecular weight is 345 g/mol. The molecular formula is C16H13ClN4O3. The van der Waals surface area contributed by atoms with E-state index in [0.717, 1.165) is 10.9 Å². The number of aromatic nitrogens is 3. The Morgan fingerprint density at radius 3 is 2.75 bits per heavy atom. The van der Waals surface area contributed by atoms with Crippen LogP contribution in [0, 0.1) is 0 Å². The second-order valence-corrected chi connectivity index (χ2v) is 5.59. The van der Waals surface area contributed by atoms with Crippen LogP contribution in [0.4, 0.5) is 0 Å². The van der Waals surface area contributed by atoms with Gasteiger partial charge in [0.25, 0.3) is 5.91 Å². The molecule has 0 aliphatic heterocycles. The summed E-state index contributed by atoms with van der Waals surface area (Å²) in [5.41, 5.74) is 1.66. The number of hydrogen-bond donors (Lipinski definition) is 3. The first kappa shape index (κ1) is 15.9. The van der Waals surface area contributed by atoms with Crippen LogP contribution in [0.3, 0.4) is 0 Å². The number of aromatic amines is 1. The van der Waals surface area contributed by atoms with Gasteiger partial charge < -0.3 is 15.4 Å². The van der Waals surface area contributed by atoms with Crippen LogP contribution >= 0.6 is 11.6 Å². The van der Waals surface area contributed by atoms with Gasteiger partial charge in [-0.15, -0.1) is 0 Å². The minimum atomic E-state index is -1.11. The lowest BCUT2D eigenvalue weighted by Gasteiger charge is -2.13. The number of carboxylic acid groups (broad SMARTS) is 1. The Morgan fingerprint density at radius 2 is 2.04 bits per heavy atom. The van der Waals surface area contributed by atoms with Gasteiger partial charge >= 0.3 is 5.97 Å². The number of carbonyl (C=O) groups is 2. The molecular weight excluding hydrogens is 332 g/mol. The Hall–Kier alpha value is -2.93. The Labute approximate surface area is 141 Å². The molecule has 0 aliphatic rings. The molecule has 8 heteroatoms. The smallest absolute Gasteiger partial charge is 0.326 e. The van der Waals surface area contributed by atoms with Crippen LogP contribution in [0.25, 0.3) is 10.9 Å². The molecule has 0 saturated carbocycles. The number of H-pyrrole nitrogens is 1. The molecule has 0 aromatic carbocycles. The quantitative estimate of drug-likeness (QED) is 0.614. The summed E-state index contributed by atoms with van der Waals surface area (Å²) < 4.78 is 0. The summed E-state index contributed by atoms with van der Waals surface area (Å²) in [5.74, 6) is -1.62. The van der Waals surface area contributed by atoms with Gasteiger partial charge in [0, 0.05) is 24.2 Å². The highest BCUT2D eigenvalue weighted by atomic mass is 35.5. The summed E-state index contributed by atoms with van der Waals surface area (Å²) in [6.45, 7) is 0. The number of amides is 1. The first-order valence-electron chi connectivity index (χ1n) is 7.10. The third-order valence-corrected chi connectivity index (χ3v) is 3.72. The first-order valence-corrected chi connectivity index (χ1v) is 7.47. The molecule has 1 amide bonds. The molecule has 0 saturated heterocycles. The van der Waals surface area contributed by atoms with Gasteiger partial charge in [-0.3, -0.25) is 9.78 Å². The molecule has 3 rings (SSSR count). The highest BCUT2D eigenvalue weighted by molar-refractivity contribution is 6.30. The first-order chi connectivity index (χ1) is 11.5. The average Bonchev–Trinajstić information content (AvgIpc) is 2.98. The summed E-state index contributed by atoms with van der Waals surface area (Å²) in [6.07, 6.45) is 4.83. The van der Waals surface area contributed by atoms with Crippen molar-refractivity contribution >= 4 is 34.4 Å². The minimum absolute atomic E-state index is 0.164. The van der Waals surface area contributed by atoms with Crippen molar-refractivity contribution in [3.8, 4) is 0 Å². The summed E-state index contributed by atoms with van der Waals surface area (Å²) >= 11 is 5.82. The second-order valence-electron chi connectivity index (χ2n) is 5.20. The number of carbonyl (C=O) groups excluding carboxylic acids is 1. The number of halogens is 1. The molecule has 0 unspecified atom stereocenters. The summed E-state index contributed by atoms with van der Waals surface area (Å²) in [4.78, 5) is 34.5. The van der Waals surface area contributed by atoms with Gasteiger partial charge in [-0.05, 0) is 29.8 Å². The molecule has 0 radical (unpaired) electrons. The predicted molar refractivity (Wildman–Crippen MR) is 87.9 cm³/mol. The Bertz CT molecular complexity index is 895. The second kappa shape index (κ2) is 6.67. The van der Waals surface area contributed by atoms with E-state index in [-0.39, 0.29) is 12.1 Å². The van der Waals surface area contributed by atoms with Gasteiger partial charge in [-0.1, -0.05) is 11.6 Å². The van der Waals surface area contributed by atoms with E-state index >= 15 is 0 Å². The molecule has 0 fully saturated rings. The van der Waals surface area contributed by atoms with Crippen molar-refractivity contribution in [2.45, 2.75) is 12.5 Å². The standard InChI is InChI=1S/C16H13ClN4O3/c17-14-7-10-6-11(20-13(10)8-19-14)15(22)21-12(16(23)24)5-9-1-3-18-4-2-9/h1-4,6-8,12,20H,5H2,(H,21,22)(H,23,24)/t12-/m0/s1. The van der Waals surface area contributed by atoms with Gasteiger partial charge in [0.1, 0.15) is 16.9 Å². The van der Waals surface area contributed by atoms with Crippen molar-refractivity contribution in [3.63, 3.8) is 0 Å². The van der Waals surface area contributed by atoms with E-state index < -0.39 is 17.9 Å². The van der Waals surface area contributed by atoms with Gasteiger partial charge in [0.15, 0.2) is 0 Å². The van der Waals surface area contributed by atoms with Crippen LogP contribution in [0.5, 0.6) is 0 Å². The van der Waals surface area contributed by atoms with Gasteiger partial charge in [-0.2, -0.15) is 0 Å². The number of rotatable bonds is 5. The number of hydrogen-bond acceptors (Lipinski definition) is 4. The van der Waals surface area contributed by atoms with E-state index in [9.17, 15) is 14.7 Å². The number of aliphatic carboxylic acids is 1. The van der Waals surface area contributed by atoms with E-state index in [1.165, 1.54) is 6.20 Å². The van der Waals surface area contributed by atoms with Crippen LogP contribution in [-0.4, -0.2) is 38.0 Å². The lowest BCUT2D eigenvalue weighted by Crippen LogP contribution is -2.42. The zero-order valence-corrected chi connectivity index (χ0v) is 13.1. The van der Waals surface area contributed by atoms with Crippen molar-refractivity contribution in [2.75, 3.05) is 0 Å². The fourth-order valence-corrected chi connectivity index (χ4v) is 2.48. The highest BCUT2D eigenvalue weighted by Gasteiger charge is 2.22. The summed E-state index contributed by atoms with van der Waals surface area (Å²) in [6, 6.07) is 5.59. The maximum absolute atomic E-state index is 12.3. The van der Waals surface area contributed by atoms with Gasteiger partial charge in [0.2, 0.25) is 0 Å².